The predicted molar refractivity (Wildman–Crippen MR) is 470 cm³/mol. The number of fused-ring (bicyclic) bond motifs is 10. The highest BCUT2D eigenvalue weighted by atomic mass is 79.9. The van der Waals surface area contributed by atoms with Gasteiger partial charge in [0.15, 0.2) is 34.9 Å². The Morgan fingerprint density at radius 1 is 0.246 bits per heavy atom. The van der Waals surface area contributed by atoms with E-state index in [1.807, 2.05) is 158 Å². The number of nitrogens with zero attached hydrogens (tertiary/aromatic N) is 10. The second-order valence-corrected chi connectivity index (χ2v) is 30.3. The van der Waals surface area contributed by atoms with Crippen LogP contribution in [0.1, 0.15) is 27.7 Å². The van der Waals surface area contributed by atoms with Crippen LogP contribution < -0.4 is 5.46 Å². The number of pyridine rings is 4. The van der Waals surface area contributed by atoms with E-state index in [1.165, 1.54) is 21.9 Å². The Kier molecular flexibility index (Phi) is 18.5. The number of halogens is 1. The molecule has 114 heavy (non-hydrogen) atoms. The molecule has 1 aliphatic rings. The molecule has 14 heteroatoms. The molecule has 1 aliphatic heterocycles. The van der Waals surface area contributed by atoms with Gasteiger partial charge in [0.1, 0.15) is 0 Å². The molecule has 7 heterocycles. The van der Waals surface area contributed by atoms with Crippen molar-refractivity contribution in [2.75, 3.05) is 0 Å². The standard InChI is InChI=1S/C47H29N5.C37H32BN3O2.C16H9BrN2/c1-3-10-32(11-4-1)45-50-46(33-12-5-2-6-13-33)52-47(51-45)34-20-17-30(18-21-34)38-24-25-39(41-16-8-7-15-40(38)41)35-23-26-42-37(28-35)29-36-22-19-31-14-9-27-48-43(31)44(36)49-42;1-36(2)37(3,4)43-38(42-36)32-24-23-29(30-17-11-12-18-31(30)32)25-19-21-28(22-20-25)35-40-33(26-13-7-5-8-14-26)39-34(41-35)27-15-9-6-10-16-27;17-13-5-6-14-12(9-13)8-11-4-3-10-2-1-7-18-15(10)16(11)19-14/h1-29H;5-24H,1-4H3;1-9H. The number of hydrogen-bond donors (Lipinski definition) is 0. The van der Waals surface area contributed by atoms with Crippen LogP contribution in [0.5, 0.6) is 0 Å². The Hall–Kier alpha value is -13.8. The van der Waals surface area contributed by atoms with Crippen LogP contribution in [-0.2, 0) is 9.31 Å². The van der Waals surface area contributed by atoms with Gasteiger partial charge in [0.05, 0.1) is 44.3 Å². The minimum atomic E-state index is -0.423. The van der Waals surface area contributed by atoms with E-state index >= 15 is 0 Å². The lowest BCUT2D eigenvalue weighted by Gasteiger charge is -2.32. The summed E-state index contributed by atoms with van der Waals surface area (Å²) in [5.41, 5.74) is 18.6. The highest BCUT2D eigenvalue weighted by molar-refractivity contribution is 9.10. The van der Waals surface area contributed by atoms with E-state index in [9.17, 15) is 0 Å². The van der Waals surface area contributed by atoms with E-state index in [1.54, 1.807) is 0 Å². The largest absolute Gasteiger partial charge is 0.495 e. The zero-order valence-corrected chi connectivity index (χ0v) is 64.3. The maximum absolute atomic E-state index is 6.41. The summed E-state index contributed by atoms with van der Waals surface area (Å²) in [6.45, 7) is 8.35. The Morgan fingerprint density at radius 2 is 0.570 bits per heavy atom. The van der Waals surface area contributed by atoms with Gasteiger partial charge >= 0.3 is 7.12 Å². The molecule has 0 N–H and O–H groups in total. The summed E-state index contributed by atoms with van der Waals surface area (Å²) in [6, 6.07) is 117. The van der Waals surface area contributed by atoms with Crippen LogP contribution in [0.15, 0.2) is 357 Å². The van der Waals surface area contributed by atoms with E-state index in [2.05, 4.69) is 248 Å². The zero-order chi connectivity index (χ0) is 76.9. The number of benzene rings is 14. The topological polar surface area (TPSA) is 147 Å². The van der Waals surface area contributed by atoms with Crippen LogP contribution in [0.2, 0.25) is 0 Å². The Bertz CT molecular complexity index is 6940. The van der Waals surface area contributed by atoms with Crippen molar-refractivity contribution < 1.29 is 9.31 Å². The quantitative estimate of drug-likeness (QED) is 0.0729. The first-order valence-electron chi connectivity index (χ1n) is 38.0. The third kappa shape index (κ3) is 13.8. The average Bonchev–Trinajstić information content (AvgIpc) is 1.12. The maximum Gasteiger partial charge on any atom is 0.495 e. The smallest absolute Gasteiger partial charge is 0.399 e. The van der Waals surface area contributed by atoms with Gasteiger partial charge in [-0.3, -0.25) is 9.97 Å². The third-order valence-electron chi connectivity index (χ3n) is 21.7. The minimum Gasteiger partial charge on any atom is -0.399 e. The van der Waals surface area contributed by atoms with Gasteiger partial charge in [-0.05, 0) is 143 Å². The molecular formula is C100H70BBrN10O2. The SMILES string of the molecule is Brc1ccc2nc3c(ccc4cccnc43)cc2c1.CC1(C)OB(c2ccc(-c3ccc(-c4nc(-c5ccccc5)nc(-c5ccccc5)n4)cc3)c3ccccc23)OC1(C)C.c1ccc(-c2nc(-c3ccccc3)nc(-c3ccc(-c4ccc(-c5ccc6nc7c(ccc8cccnc87)cc6c5)c5ccccc45)cc3)n2)cc1. The van der Waals surface area contributed by atoms with Crippen LogP contribution >= 0.6 is 15.9 Å². The molecule has 0 unspecified atom stereocenters. The molecule has 0 saturated carbocycles. The van der Waals surface area contributed by atoms with Gasteiger partial charge in [-0.1, -0.05) is 301 Å². The lowest BCUT2D eigenvalue weighted by Crippen LogP contribution is -2.41. The average molecular weight is 1530 g/mol. The fourth-order valence-corrected chi connectivity index (χ4v) is 15.4. The molecule has 0 spiro atoms. The highest BCUT2D eigenvalue weighted by Gasteiger charge is 2.52. The van der Waals surface area contributed by atoms with Gasteiger partial charge in [0.25, 0.3) is 0 Å². The van der Waals surface area contributed by atoms with Gasteiger partial charge in [0, 0.05) is 82.6 Å². The molecule has 12 nitrogen and oxygen atoms in total. The van der Waals surface area contributed by atoms with Crippen molar-refractivity contribution in [1.82, 2.24) is 49.8 Å². The van der Waals surface area contributed by atoms with Gasteiger partial charge in [-0.25, -0.2) is 39.9 Å². The van der Waals surface area contributed by atoms with Crippen LogP contribution in [0.3, 0.4) is 0 Å². The summed E-state index contributed by atoms with van der Waals surface area (Å²) in [5.74, 6) is 3.88. The molecule has 1 saturated heterocycles. The van der Waals surface area contributed by atoms with Crippen molar-refractivity contribution in [3.8, 4) is 102 Å². The van der Waals surface area contributed by atoms with Crippen molar-refractivity contribution in [2.45, 2.75) is 38.9 Å². The van der Waals surface area contributed by atoms with Gasteiger partial charge < -0.3 is 9.31 Å². The molecule has 21 rings (SSSR count). The Balaban J connectivity index is 0.000000126. The van der Waals surface area contributed by atoms with E-state index in [0.717, 1.165) is 142 Å². The fourth-order valence-electron chi connectivity index (χ4n) is 15.0. The van der Waals surface area contributed by atoms with Crippen LogP contribution in [0.4, 0.5) is 0 Å². The van der Waals surface area contributed by atoms with Crippen LogP contribution in [-0.4, -0.2) is 68.2 Å². The molecule has 0 bridgehead atoms. The first-order valence-corrected chi connectivity index (χ1v) is 38.8. The summed E-state index contributed by atoms with van der Waals surface area (Å²) in [7, 11) is -0.423. The zero-order valence-electron chi connectivity index (χ0n) is 62.7. The van der Waals surface area contributed by atoms with Gasteiger partial charge in [-0.15, -0.1) is 0 Å². The number of hydrogen-bond acceptors (Lipinski definition) is 12. The minimum absolute atomic E-state index is 0.400. The van der Waals surface area contributed by atoms with Crippen molar-refractivity contribution in [3.63, 3.8) is 0 Å². The van der Waals surface area contributed by atoms with Crippen LogP contribution in [0, 0.1) is 0 Å². The highest BCUT2D eigenvalue weighted by Crippen LogP contribution is 2.41. The molecule has 14 aromatic carbocycles. The summed E-state index contributed by atoms with van der Waals surface area (Å²) < 4.78 is 13.9. The monoisotopic (exact) mass is 1530 g/mol. The second-order valence-electron chi connectivity index (χ2n) is 29.4. The van der Waals surface area contributed by atoms with Crippen molar-refractivity contribution in [3.05, 3.63) is 357 Å². The van der Waals surface area contributed by atoms with E-state index in [0.29, 0.717) is 34.9 Å². The lowest BCUT2D eigenvalue weighted by molar-refractivity contribution is 0.00578. The predicted octanol–water partition coefficient (Wildman–Crippen LogP) is 24.3. The van der Waals surface area contributed by atoms with Crippen molar-refractivity contribution in [1.29, 1.82) is 0 Å². The first kappa shape index (κ1) is 70.6. The van der Waals surface area contributed by atoms with Gasteiger partial charge in [0.2, 0.25) is 0 Å². The molecule has 542 valence electrons. The molecule has 20 aromatic rings. The fraction of sp³-hybridized carbons (Fsp3) is 0.0600. The molecule has 6 aromatic heterocycles. The van der Waals surface area contributed by atoms with Gasteiger partial charge in [-0.2, -0.15) is 0 Å². The molecule has 0 amide bonds. The normalized spacial score (nSPS) is 13.0. The summed E-state index contributed by atoms with van der Waals surface area (Å²) in [5, 5.41) is 11.3. The second kappa shape index (κ2) is 29.8. The molecule has 0 atom stereocenters. The Labute approximate surface area is 667 Å². The van der Waals surface area contributed by atoms with E-state index < -0.39 is 18.3 Å². The summed E-state index contributed by atoms with van der Waals surface area (Å²) in [6.07, 6.45) is 3.65. The van der Waals surface area contributed by atoms with Crippen molar-refractivity contribution in [2.24, 2.45) is 0 Å². The lowest BCUT2D eigenvalue weighted by atomic mass is 9.75. The molecule has 1 fully saturated rings. The number of aromatic nitrogens is 10. The molecule has 0 aliphatic carbocycles. The molecule has 0 radical (unpaired) electrons. The molecular weight excluding hydrogens is 1460 g/mol. The van der Waals surface area contributed by atoms with E-state index in [4.69, 9.17) is 49.2 Å². The third-order valence-corrected chi connectivity index (χ3v) is 22.2. The van der Waals surface area contributed by atoms with Crippen molar-refractivity contribution >= 4 is 115 Å². The first-order chi connectivity index (χ1) is 55.8. The number of rotatable bonds is 10. The maximum atomic E-state index is 6.41. The summed E-state index contributed by atoms with van der Waals surface area (Å²) >= 11 is 3.50. The van der Waals surface area contributed by atoms with Crippen LogP contribution in [0.25, 0.3) is 189 Å². The van der Waals surface area contributed by atoms with E-state index in [-0.39, 0.29) is 0 Å². The summed E-state index contributed by atoms with van der Waals surface area (Å²) in [4.78, 5) is 48.2. The Morgan fingerprint density at radius 3 is 0.991 bits per heavy atom.